The average Bonchev–Trinajstić information content (AvgIpc) is 2.95. The molecule has 0 aliphatic rings. The van der Waals surface area contributed by atoms with E-state index in [2.05, 4.69) is 0 Å². The summed E-state index contributed by atoms with van der Waals surface area (Å²) in [5.74, 6) is 0. The van der Waals surface area contributed by atoms with Gasteiger partial charge in [-0.2, -0.15) is 8.42 Å². The summed E-state index contributed by atoms with van der Waals surface area (Å²) in [5, 5.41) is 0. The lowest BCUT2D eigenvalue weighted by molar-refractivity contribution is -0.0251. The van der Waals surface area contributed by atoms with Crippen LogP contribution in [0.25, 0.3) is 0 Å². The second-order valence-corrected chi connectivity index (χ2v) is 9.30. The Balaban J connectivity index is 1.69. The van der Waals surface area contributed by atoms with Crippen LogP contribution in [0.1, 0.15) is 6.92 Å². The predicted octanol–water partition coefficient (Wildman–Crippen LogP) is 1.56. The maximum absolute atomic E-state index is 11.9. The van der Waals surface area contributed by atoms with Crippen molar-refractivity contribution in [3.63, 3.8) is 0 Å². The van der Waals surface area contributed by atoms with Crippen molar-refractivity contribution in [2.45, 2.75) is 11.8 Å². The molecule has 1 aromatic rings. The van der Waals surface area contributed by atoms with Gasteiger partial charge in [0.05, 0.1) is 124 Å². The fraction of sp³-hybridized carbons (Fsp3) is 0.769. The van der Waals surface area contributed by atoms with Gasteiger partial charge in [0.1, 0.15) is 0 Å². The zero-order valence-electron chi connectivity index (χ0n) is 23.1. The lowest BCUT2D eigenvalue weighted by Gasteiger charge is -2.09. The normalized spacial score (nSPS) is 11.8. The molecule has 39 heavy (non-hydrogen) atoms. The van der Waals surface area contributed by atoms with Crippen molar-refractivity contribution in [2.75, 3.05) is 126 Å². The molecule has 0 N–H and O–H groups in total. The highest BCUT2D eigenvalue weighted by atomic mass is 32.2. The van der Waals surface area contributed by atoms with Crippen molar-refractivity contribution in [3.8, 4) is 0 Å². The minimum absolute atomic E-state index is 0.0538. The van der Waals surface area contributed by atoms with Crippen molar-refractivity contribution in [3.05, 3.63) is 30.3 Å². The Morgan fingerprint density at radius 3 is 1.03 bits per heavy atom. The standard InChI is InChI=1S/C26H46O12S/c1-2-29-8-9-30-10-11-31-12-13-32-14-15-33-16-17-34-18-19-35-20-21-36-22-23-37-24-25-38-39(27,28)26-6-4-3-5-7-26/h3-7H,2,8-25H2,1H3. The van der Waals surface area contributed by atoms with E-state index in [0.29, 0.717) is 112 Å². The Labute approximate surface area is 233 Å². The summed E-state index contributed by atoms with van der Waals surface area (Å²) in [4.78, 5) is 0.123. The molecular weight excluding hydrogens is 536 g/mol. The first kappa shape index (κ1) is 35.8. The van der Waals surface area contributed by atoms with Gasteiger partial charge in [0.15, 0.2) is 0 Å². The topological polar surface area (TPSA) is 126 Å². The fourth-order valence-electron chi connectivity index (χ4n) is 2.76. The molecule has 0 unspecified atom stereocenters. The van der Waals surface area contributed by atoms with Crippen LogP contribution in [-0.2, 0) is 56.9 Å². The van der Waals surface area contributed by atoms with Gasteiger partial charge in [-0.3, -0.25) is 4.18 Å². The van der Waals surface area contributed by atoms with Gasteiger partial charge in [-0.25, -0.2) is 0 Å². The van der Waals surface area contributed by atoms with Gasteiger partial charge in [-0.1, -0.05) is 18.2 Å². The second-order valence-electron chi connectivity index (χ2n) is 7.69. The van der Waals surface area contributed by atoms with E-state index in [1.54, 1.807) is 18.2 Å². The molecular formula is C26H46O12S. The van der Waals surface area contributed by atoms with Crippen LogP contribution in [0.5, 0.6) is 0 Å². The Hall–Kier alpha value is -1.23. The first-order valence-corrected chi connectivity index (χ1v) is 14.7. The average molecular weight is 583 g/mol. The first-order chi connectivity index (χ1) is 19.2. The number of rotatable bonds is 30. The van der Waals surface area contributed by atoms with Crippen LogP contribution in [0, 0.1) is 0 Å². The SMILES string of the molecule is CCOCCOCCOCCOCCOCCOCCOCCOCCOCCOS(=O)(=O)c1ccccc1. The maximum atomic E-state index is 11.9. The summed E-state index contributed by atoms with van der Waals surface area (Å²) in [6.07, 6.45) is 0. The highest BCUT2D eigenvalue weighted by Crippen LogP contribution is 2.10. The quantitative estimate of drug-likeness (QED) is 0.0965. The maximum Gasteiger partial charge on any atom is 0.297 e. The van der Waals surface area contributed by atoms with Gasteiger partial charge in [-0.15, -0.1) is 0 Å². The van der Waals surface area contributed by atoms with E-state index in [4.69, 9.17) is 46.8 Å². The zero-order valence-corrected chi connectivity index (χ0v) is 23.9. The van der Waals surface area contributed by atoms with Crippen molar-refractivity contribution in [2.24, 2.45) is 0 Å². The minimum atomic E-state index is -3.75. The van der Waals surface area contributed by atoms with Crippen molar-refractivity contribution >= 4 is 10.1 Å². The number of ether oxygens (including phenoxy) is 9. The molecule has 0 aromatic heterocycles. The third-order valence-corrected chi connectivity index (χ3v) is 6.00. The van der Waals surface area contributed by atoms with Gasteiger partial charge in [0.25, 0.3) is 10.1 Å². The molecule has 0 saturated carbocycles. The van der Waals surface area contributed by atoms with Crippen LogP contribution in [0.15, 0.2) is 35.2 Å². The number of hydrogen-bond donors (Lipinski definition) is 0. The smallest absolute Gasteiger partial charge is 0.297 e. The molecule has 0 spiro atoms. The minimum Gasteiger partial charge on any atom is -0.379 e. The van der Waals surface area contributed by atoms with Crippen molar-refractivity contribution in [1.29, 1.82) is 0 Å². The lowest BCUT2D eigenvalue weighted by atomic mass is 10.4. The van der Waals surface area contributed by atoms with Gasteiger partial charge < -0.3 is 42.6 Å². The van der Waals surface area contributed by atoms with Crippen LogP contribution in [0.4, 0.5) is 0 Å². The van der Waals surface area contributed by atoms with E-state index in [0.717, 1.165) is 0 Å². The lowest BCUT2D eigenvalue weighted by Crippen LogP contribution is -2.15. The molecule has 1 aromatic carbocycles. The Morgan fingerprint density at radius 2 is 0.718 bits per heavy atom. The molecule has 0 heterocycles. The zero-order chi connectivity index (χ0) is 28.1. The highest BCUT2D eigenvalue weighted by Gasteiger charge is 2.13. The van der Waals surface area contributed by atoms with E-state index in [9.17, 15) is 8.42 Å². The molecule has 228 valence electrons. The van der Waals surface area contributed by atoms with Gasteiger partial charge in [0, 0.05) is 6.61 Å². The molecule has 12 nitrogen and oxygen atoms in total. The Bertz CT molecular complexity index is 736. The molecule has 0 saturated heterocycles. The molecule has 0 amide bonds. The summed E-state index contributed by atoms with van der Waals surface area (Å²) in [6, 6.07) is 7.98. The third kappa shape index (κ3) is 23.2. The molecule has 0 aliphatic heterocycles. The van der Waals surface area contributed by atoms with E-state index >= 15 is 0 Å². The predicted molar refractivity (Wildman–Crippen MR) is 143 cm³/mol. The fourth-order valence-corrected chi connectivity index (χ4v) is 3.68. The molecule has 13 heteroatoms. The highest BCUT2D eigenvalue weighted by molar-refractivity contribution is 7.86. The van der Waals surface area contributed by atoms with Gasteiger partial charge in [-0.05, 0) is 19.1 Å². The van der Waals surface area contributed by atoms with Crippen LogP contribution >= 0.6 is 0 Å². The third-order valence-electron chi connectivity index (χ3n) is 4.68. The summed E-state index contributed by atoms with van der Waals surface area (Å²) >= 11 is 0. The van der Waals surface area contributed by atoms with Gasteiger partial charge >= 0.3 is 0 Å². The molecule has 0 aliphatic carbocycles. The van der Waals surface area contributed by atoms with Crippen LogP contribution in [0.2, 0.25) is 0 Å². The first-order valence-electron chi connectivity index (χ1n) is 13.3. The van der Waals surface area contributed by atoms with E-state index in [1.807, 2.05) is 6.92 Å². The van der Waals surface area contributed by atoms with E-state index < -0.39 is 10.1 Å². The summed E-state index contributed by atoms with van der Waals surface area (Å²) in [5.41, 5.74) is 0. The summed E-state index contributed by atoms with van der Waals surface area (Å²) in [6.45, 7) is 10.6. The van der Waals surface area contributed by atoms with E-state index in [-0.39, 0.29) is 18.1 Å². The van der Waals surface area contributed by atoms with Crippen LogP contribution in [-0.4, -0.2) is 134 Å². The molecule has 1 rings (SSSR count). The summed E-state index contributed by atoms with van der Waals surface area (Å²) in [7, 11) is -3.75. The van der Waals surface area contributed by atoms with E-state index in [1.165, 1.54) is 12.1 Å². The number of benzene rings is 1. The van der Waals surface area contributed by atoms with Gasteiger partial charge in [0.2, 0.25) is 0 Å². The van der Waals surface area contributed by atoms with Crippen LogP contribution in [0.3, 0.4) is 0 Å². The van der Waals surface area contributed by atoms with Crippen molar-refractivity contribution in [1.82, 2.24) is 0 Å². The number of hydrogen-bond acceptors (Lipinski definition) is 12. The van der Waals surface area contributed by atoms with Crippen LogP contribution < -0.4 is 0 Å². The molecule has 0 radical (unpaired) electrons. The monoisotopic (exact) mass is 582 g/mol. The Kier molecular flexibility index (Phi) is 24.8. The molecule has 0 atom stereocenters. The second kappa shape index (κ2) is 27.0. The molecule has 0 fully saturated rings. The summed E-state index contributed by atoms with van der Waals surface area (Å²) < 4.78 is 77.1. The van der Waals surface area contributed by atoms with Crippen molar-refractivity contribution < 1.29 is 55.2 Å². The Morgan fingerprint density at radius 1 is 0.436 bits per heavy atom. The molecule has 0 bridgehead atoms. The largest absolute Gasteiger partial charge is 0.379 e.